The van der Waals surface area contributed by atoms with E-state index in [4.69, 9.17) is 4.42 Å². The number of piperidine rings is 1. The highest BCUT2D eigenvalue weighted by molar-refractivity contribution is 7.92. The van der Waals surface area contributed by atoms with Crippen molar-refractivity contribution < 1.29 is 17.6 Å². The van der Waals surface area contributed by atoms with Crippen molar-refractivity contribution in [2.45, 2.75) is 17.6 Å². The maximum Gasteiger partial charge on any atom is 0.245 e. The van der Waals surface area contributed by atoms with Gasteiger partial charge in [-0.2, -0.15) is 0 Å². The average molecular weight is 349 g/mol. The molecule has 2 N–H and O–H groups in total. The molecule has 0 bridgehead atoms. The first kappa shape index (κ1) is 16.7. The van der Waals surface area contributed by atoms with Gasteiger partial charge in [-0.05, 0) is 38.1 Å². The number of aromatic nitrogens is 1. The van der Waals surface area contributed by atoms with Crippen LogP contribution < -0.4 is 10.6 Å². The molecular formula is C16H19N3O4S. The Labute approximate surface area is 140 Å². The highest BCUT2D eigenvalue weighted by Crippen LogP contribution is 2.30. The third-order valence-electron chi connectivity index (χ3n) is 4.37. The van der Waals surface area contributed by atoms with E-state index in [0.717, 1.165) is 11.8 Å². The van der Waals surface area contributed by atoms with Gasteiger partial charge in [0.25, 0.3) is 0 Å². The van der Waals surface area contributed by atoms with E-state index in [1.165, 1.54) is 6.39 Å². The van der Waals surface area contributed by atoms with Gasteiger partial charge in [0.15, 0.2) is 26.7 Å². The summed E-state index contributed by atoms with van der Waals surface area (Å²) < 4.78 is 28.4. The summed E-state index contributed by atoms with van der Waals surface area (Å²) in [7, 11) is -3.54. The molecule has 0 aliphatic carbocycles. The fourth-order valence-corrected chi connectivity index (χ4v) is 4.28. The van der Waals surface area contributed by atoms with Crippen LogP contribution in [0.25, 0.3) is 11.3 Å². The molecule has 1 fully saturated rings. The van der Waals surface area contributed by atoms with E-state index in [1.54, 1.807) is 24.4 Å². The molecule has 2 aromatic rings. The van der Waals surface area contributed by atoms with Gasteiger partial charge in [0.1, 0.15) is 0 Å². The summed E-state index contributed by atoms with van der Waals surface area (Å²) >= 11 is 0. The second-order valence-electron chi connectivity index (χ2n) is 5.92. The number of nitrogens with one attached hydrogen (secondary N) is 2. The van der Waals surface area contributed by atoms with E-state index in [9.17, 15) is 13.2 Å². The third-order valence-corrected chi connectivity index (χ3v) is 6.39. The summed E-state index contributed by atoms with van der Waals surface area (Å²) in [6.07, 6.45) is 4.56. The molecule has 0 radical (unpaired) electrons. The summed E-state index contributed by atoms with van der Waals surface area (Å²) in [4.78, 5) is 16.6. The van der Waals surface area contributed by atoms with E-state index in [0.29, 0.717) is 24.5 Å². The predicted molar refractivity (Wildman–Crippen MR) is 90.2 cm³/mol. The van der Waals surface area contributed by atoms with Crippen molar-refractivity contribution in [3.8, 4) is 11.3 Å². The van der Waals surface area contributed by atoms with Gasteiger partial charge in [-0.15, -0.1) is 0 Å². The minimum absolute atomic E-state index is 0.263. The number of sulfone groups is 1. The van der Waals surface area contributed by atoms with Crippen LogP contribution in [0.15, 0.2) is 41.3 Å². The maximum absolute atomic E-state index is 12.8. The standard InChI is InChI=1S/C16H19N3O4S/c1-24(21,22)16(5-7-17-8-6-16)15(20)19-13-4-2-3-12(9-13)14-10-18-11-23-14/h2-4,9-11,17H,5-8H2,1H3,(H,19,20). The van der Waals surface area contributed by atoms with Crippen molar-refractivity contribution in [3.63, 3.8) is 0 Å². The van der Waals surface area contributed by atoms with Crippen LogP contribution in [0, 0.1) is 0 Å². The zero-order chi connectivity index (χ0) is 17.2. The molecule has 0 atom stereocenters. The normalized spacial score (nSPS) is 17.4. The highest BCUT2D eigenvalue weighted by atomic mass is 32.2. The van der Waals surface area contributed by atoms with E-state index >= 15 is 0 Å². The molecule has 0 unspecified atom stereocenters. The first-order chi connectivity index (χ1) is 11.4. The lowest BCUT2D eigenvalue weighted by molar-refractivity contribution is -0.119. The molecule has 0 saturated carbocycles. The minimum Gasteiger partial charge on any atom is -0.444 e. The second kappa shape index (κ2) is 6.37. The molecule has 1 aliphatic rings. The Morgan fingerprint density at radius 1 is 1.33 bits per heavy atom. The Balaban J connectivity index is 1.87. The van der Waals surface area contributed by atoms with Crippen molar-refractivity contribution in [1.29, 1.82) is 0 Å². The summed E-state index contributed by atoms with van der Waals surface area (Å²) in [6.45, 7) is 0.997. The number of hydrogen-bond donors (Lipinski definition) is 2. The van der Waals surface area contributed by atoms with Crippen LogP contribution in [0.2, 0.25) is 0 Å². The summed E-state index contributed by atoms with van der Waals surface area (Å²) in [5, 5.41) is 5.85. The van der Waals surface area contributed by atoms with Crippen molar-refractivity contribution in [2.24, 2.45) is 0 Å². The lowest BCUT2D eigenvalue weighted by atomic mass is 9.95. The molecule has 1 amide bonds. The van der Waals surface area contributed by atoms with Crippen LogP contribution >= 0.6 is 0 Å². The average Bonchev–Trinajstić information content (AvgIpc) is 3.09. The van der Waals surface area contributed by atoms with Gasteiger partial charge in [-0.3, -0.25) is 4.79 Å². The number of oxazole rings is 1. The molecule has 3 rings (SSSR count). The molecule has 1 aromatic carbocycles. The molecule has 7 nitrogen and oxygen atoms in total. The third kappa shape index (κ3) is 3.07. The van der Waals surface area contributed by atoms with Crippen LogP contribution in [0.5, 0.6) is 0 Å². The molecule has 128 valence electrons. The summed E-state index contributed by atoms with van der Waals surface area (Å²) in [5.41, 5.74) is 1.28. The number of benzene rings is 1. The zero-order valence-corrected chi connectivity index (χ0v) is 14.1. The van der Waals surface area contributed by atoms with E-state index in [-0.39, 0.29) is 12.8 Å². The number of amides is 1. The van der Waals surface area contributed by atoms with Crippen molar-refractivity contribution in [1.82, 2.24) is 10.3 Å². The second-order valence-corrected chi connectivity index (χ2v) is 8.24. The highest BCUT2D eigenvalue weighted by Gasteiger charge is 2.48. The van der Waals surface area contributed by atoms with Crippen molar-refractivity contribution in [2.75, 3.05) is 24.7 Å². The molecular weight excluding hydrogens is 330 g/mol. The van der Waals surface area contributed by atoms with Crippen LogP contribution in [-0.2, 0) is 14.6 Å². The number of anilines is 1. The lowest BCUT2D eigenvalue weighted by Gasteiger charge is -2.34. The van der Waals surface area contributed by atoms with E-state index in [2.05, 4.69) is 15.6 Å². The number of hydrogen-bond acceptors (Lipinski definition) is 6. The first-order valence-corrected chi connectivity index (χ1v) is 9.52. The van der Waals surface area contributed by atoms with Crippen LogP contribution in [0.1, 0.15) is 12.8 Å². The Hall–Kier alpha value is -2.19. The molecule has 1 aliphatic heterocycles. The Bertz CT molecular complexity index is 825. The smallest absolute Gasteiger partial charge is 0.245 e. The predicted octanol–water partition coefficient (Wildman–Crippen LogP) is 1.45. The SMILES string of the molecule is CS(=O)(=O)C1(C(=O)Nc2cccc(-c3cnco3)c2)CCNCC1. The molecule has 1 aromatic heterocycles. The van der Waals surface area contributed by atoms with E-state index < -0.39 is 20.5 Å². The fourth-order valence-electron chi connectivity index (χ4n) is 2.95. The topological polar surface area (TPSA) is 101 Å². The molecule has 8 heteroatoms. The largest absolute Gasteiger partial charge is 0.444 e. The zero-order valence-electron chi connectivity index (χ0n) is 13.3. The Morgan fingerprint density at radius 2 is 2.08 bits per heavy atom. The van der Waals surface area contributed by atoms with Gasteiger partial charge >= 0.3 is 0 Å². The first-order valence-electron chi connectivity index (χ1n) is 7.63. The van der Waals surface area contributed by atoms with Crippen LogP contribution in [0.3, 0.4) is 0 Å². The van der Waals surface area contributed by atoms with Crippen LogP contribution in [-0.4, -0.2) is 43.4 Å². The van der Waals surface area contributed by atoms with Gasteiger partial charge in [0.2, 0.25) is 5.91 Å². The number of rotatable bonds is 4. The van der Waals surface area contributed by atoms with Crippen molar-refractivity contribution >= 4 is 21.4 Å². The summed E-state index contributed by atoms with van der Waals surface area (Å²) in [5.74, 6) is 0.0898. The number of carbonyl (C=O) groups excluding carboxylic acids is 1. The minimum atomic E-state index is -3.54. The fraction of sp³-hybridized carbons (Fsp3) is 0.375. The number of nitrogens with zero attached hydrogens (tertiary/aromatic N) is 1. The van der Waals surface area contributed by atoms with Gasteiger partial charge < -0.3 is 15.1 Å². The molecule has 24 heavy (non-hydrogen) atoms. The van der Waals surface area contributed by atoms with Gasteiger partial charge in [-0.1, -0.05) is 12.1 Å². The Morgan fingerprint density at radius 3 is 2.71 bits per heavy atom. The lowest BCUT2D eigenvalue weighted by Crippen LogP contribution is -2.55. The van der Waals surface area contributed by atoms with E-state index in [1.807, 2.05) is 6.07 Å². The summed E-state index contributed by atoms with van der Waals surface area (Å²) in [6, 6.07) is 7.04. The molecule has 1 saturated heterocycles. The van der Waals surface area contributed by atoms with Crippen molar-refractivity contribution in [3.05, 3.63) is 36.9 Å². The van der Waals surface area contributed by atoms with Gasteiger partial charge in [0.05, 0.1) is 6.20 Å². The maximum atomic E-state index is 12.8. The molecule has 2 heterocycles. The Kier molecular flexibility index (Phi) is 4.42. The monoisotopic (exact) mass is 349 g/mol. The van der Waals surface area contributed by atoms with Gasteiger partial charge in [0, 0.05) is 17.5 Å². The van der Waals surface area contributed by atoms with Gasteiger partial charge in [-0.25, -0.2) is 13.4 Å². The van der Waals surface area contributed by atoms with Crippen LogP contribution in [0.4, 0.5) is 5.69 Å². The quantitative estimate of drug-likeness (QED) is 0.866. The molecule has 0 spiro atoms. The number of carbonyl (C=O) groups is 1.